The highest BCUT2D eigenvalue weighted by Gasteiger charge is 2.10. The highest BCUT2D eigenvalue weighted by atomic mass is 35.5. The molecule has 0 fully saturated rings. The van der Waals surface area contributed by atoms with E-state index in [-0.39, 0.29) is 12.5 Å². The molecule has 0 saturated heterocycles. The average molecular weight is 400 g/mol. The fourth-order valence-corrected chi connectivity index (χ4v) is 3.21. The van der Waals surface area contributed by atoms with E-state index >= 15 is 0 Å². The molecule has 0 bridgehead atoms. The lowest BCUT2D eigenvalue weighted by Gasteiger charge is -2.26. The molecule has 2 rings (SSSR count). The molecule has 5 nitrogen and oxygen atoms in total. The van der Waals surface area contributed by atoms with Crippen molar-refractivity contribution >= 4 is 46.1 Å². The second kappa shape index (κ2) is 9.20. The van der Waals surface area contributed by atoms with Gasteiger partial charge in [0.25, 0.3) is 0 Å². The fourth-order valence-electron chi connectivity index (χ4n) is 2.26. The Labute approximate surface area is 159 Å². The Morgan fingerprint density at radius 2 is 1.88 bits per heavy atom. The molecule has 0 heterocycles. The van der Waals surface area contributed by atoms with Crippen molar-refractivity contribution < 1.29 is 13.6 Å². The summed E-state index contributed by atoms with van der Waals surface area (Å²) in [5.41, 5.74) is 2.21. The second-order valence-corrected chi connectivity index (χ2v) is 7.02. The number of hydrogen-bond acceptors (Lipinski definition) is 3. The third-order valence-electron chi connectivity index (χ3n) is 3.56. The standard InChI is InChI=1S/C17H18Cl2N2O3S/c1-12(22)20-11-13-5-7-15(8-6-13)21(25(23)24)10-9-14-3-2-4-16(18)17(14)19/h2-8H,9-11H2,1H3,(H,20,22)(H,23,24)/p-1. The Kier molecular flexibility index (Phi) is 7.25. The van der Waals surface area contributed by atoms with Gasteiger partial charge in [0.2, 0.25) is 5.91 Å². The van der Waals surface area contributed by atoms with Gasteiger partial charge in [-0.2, -0.15) is 0 Å². The summed E-state index contributed by atoms with van der Waals surface area (Å²) in [5, 5.41) is 3.57. The van der Waals surface area contributed by atoms with E-state index in [1.165, 1.54) is 11.2 Å². The molecule has 1 N–H and O–H groups in total. The quantitative estimate of drug-likeness (QED) is 0.724. The van der Waals surface area contributed by atoms with Crippen LogP contribution >= 0.6 is 23.2 Å². The van der Waals surface area contributed by atoms with E-state index in [0.29, 0.717) is 28.7 Å². The summed E-state index contributed by atoms with van der Waals surface area (Å²) in [6.45, 7) is 2.08. The van der Waals surface area contributed by atoms with E-state index in [0.717, 1.165) is 11.1 Å². The summed E-state index contributed by atoms with van der Waals surface area (Å²) in [5.74, 6) is -0.121. The van der Waals surface area contributed by atoms with Crippen molar-refractivity contribution in [1.29, 1.82) is 0 Å². The van der Waals surface area contributed by atoms with E-state index in [9.17, 15) is 13.6 Å². The van der Waals surface area contributed by atoms with Crippen LogP contribution in [0.4, 0.5) is 5.69 Å². The molecule has 0 radical (unpaired) electrons. The van der Waals surface area contributed by atoms with Crippen LogP contribution in [0, 0.1) is 0 Å². The summed E-state index contributed by atoms with van der Waals surface area (Å²) >= 11 is 9.71. The first-order valence-electron chi connectivity index (χ1n) is 7.51. The molecule has 0 saturated carbocycles. The van der Waals surface area contributed by atoms with Crippen LogP contribution in [0.1, 0.15) is 18.1 Å². The Hall–Kier alpha value is -1.60. The van der Waals surface area contributed by atoms with Crippen LogP contribution in [-0.2, 0) is 29.0 Å². The van der Waals surface area contributed by atoms with Crippen molar-refractivity contribution in [2.45, 2.75) is 19.9 Å². The van der Waals surface area contributed by atoms with Gasteiger partial charge in [0.05, 0.1) is 10.0 Å². The minimum absolute atomic E-state index is 0.121. The van der Waals surface area contributed by atoms with Crippen molar-refractivity contribution in [2.75, 3.05) is 10.8 Å². The number of rotatable bonds is 7. The molecule has 2 aromatic carbocycles. The van der Waals surface area contributed by atoms with E-state index in [1.54, 1.807) is 36.4 Å². The van der Waals surface area contributed by atoms with Crippen LogP contribution < -0.4 is 9.62 Å². The fraction of sp³-hybridized carbons (Fsp3) is 0.235. The molecule has 0 aliphatic rings. The molecule has 0 aliphatic carbocycles. The van der Waals surface area contributed by atoms with Crippen molar-refractivity contribution in [3.05, 3.63) is 63.6 Å². The van der Waals surface area contributed by atoms with Crippen LogP contribution in [0.25, 0.3) is 0 Å². The van der Waals surface area contributed by atoms with Gasteiger partial charge in [-0.15, -0.1) is 0 Å². The molecule has 134 valence electrons. The van der Waals surface area contributed by atoms with Gasteiger partial charge in [-0.1, -0.05) is 47.5 Å². The third-order valence-corrected chi connectivity index (χ3v) is 5.17. The summed E-state index contributed by atoms with van der Waals surface area (Å²) in [7, 11) is 0. The summed E-state index contributed by atoms with van der Waals surface area (Å²) in [6.07, 6.45) is 0.432. The molecule has 25 heavy (non-hydrogen) atoms. The third kappa shape index (κ3) is 5.71. The van der Waals surface area contributed by atoms with Gasteiger partial charge in [-0.05, 0) is 35.7 Å². The zero-order chi connectivity index (χ0) is 18.4. The van der Waals surface area contributed by atoms with Crippen LogP contribution in [-0.4, -0.2) is 21.2 Å². The molecule has 1 atom stereocenters. The van der Waals surface area contributed by atoms with Crippen molar-refractivity contribution in [1.82, 2.24) is 5.32 Å². The number of anilines is 1. The first-order valence-corrected chi connectivity index (χ1v) is 9.30. The zero-order valence-corrected chi connectivity index (χ0v) is 15.8. The Morgan fingerprint density at radius 3 is 2.48 bits per heavy atom. The number of carbonyl (C=O) groups is 1. The number of amides is 1. The smallest absolute Gasteiger partial charge is 0.217 e. The van der Waals surface area contributed by atoms with Gasteiger partial charge in [0, 0.05) is 37.0 Å². The Balaban J connectivity index is 2.08. The van der Waals surface area contributed by atoms with E-state index in [1.807, 2.05) is 6.07 Å². The number of carbonyl (C=O) groups excluding carboxylic acids is 1. The molecule has 1 unspecified atom stereocenters. The van der Waals surface area contributed by atoms with Gasteiger partial charge >= 0.3 is 0 Å². The van der Waals surface area contributed by atoms with Gasteiger partial charge < -0.3 is 14.2 Å². The van der Waals surface area contributed by atoms with Crippen LogP contribution in [0.2, 0.25) is 10.0 Å². The summed E-state index contributed by atoms with van der Waals surface area (Å²) in [4.78, 5) is 10.9. The minimum atomic E-state index is -2.42. The number of halogens is 2. The molecule has 1 amide bonds. The first-order chi connectivity index (χ1) is 11.9. The van der Waals surface area contributed by atoms with Gasteiger partial charge in [-0.3, -0.25) is 9.00 Å². The van der Waals surface area contributed by atoms with E-state index in [2.05, 4.69) is 5.32 Å². The predicted octanol–water partition coefficient (Wildman–Crippen LogP) is 3.47. The maximum absolute atomic E-state index is 11.6. The zero-order valence-electron chi connectivity index (χ0n) is 13.5. The molecule has 8 heteroatoms. The summed E-state index contributed by atoms with van der Waals surface area (Å²) < 4.78 is 24.4. The Bertz CT molecular complexity index is 769. The second-order valence-electron chi connectivity index (χ2n) is 5.36. The molecule has 2 aromatic rings. The monoisotopic (exact) mass is 399 g/mol. The molecule has 0 aliphatic heterocycles. The van der Waals surface area contributed by atoms with Gasteiger partial charge in [0.1, 0.15) is 0 Å². The summed E-state index contributed by atoms with van der Waals surface area (Å²) in [6, 6.07) is 12.2. The highest BCUT2D eigenvalue weighted by molar-refractivity contribution is 7.80. The topological polar surface area (TPSA) is 72.5 Å². The largest absolute Gasteiger partial charge is 0.755 e. The van der Waals surface area contributed by atoms with Crippen LogP contribution in [0.5, 0.6) is 0 Å². The molecular formula is C17H17Cl2N2O3S-. The highest BCUT2D eigenvalue weighted by Crippen LogP contribution is 2.26. The number of nitrogens with one attached hydrogen (secondary N) is 1. The maximum atomic E-state index is 11.6. The lowest BCUT2D eigenvalue weighted by Crippen LogP contribution is -2.28. The lowest BCUT2D eigenvalue weighted by molar-refractivity contribution is -0.119. The maximum Gasteiger partial charge on any atom is 0.217 e. The van der Waals surface area contributed by atoms with Crippen molar-refractivity contribution in [3.63, 3.8) is 0 Å². The SMILES string of the molecule is CC(=O)NCc1ccc(N(CCc2cccc(Cl)c2Cl)S(=O)[O-])cc1. The Morgan fingerprint density at radius 1 is 1.20 bits per heavy atom. The molecular weight excluding hydrogens is 383 g/mol. The minimum Gasteiger partial charge on any atom is -0.755 e. The first kappa shape index (κ1) is 19.7. The van der Waals surface area contributed by atoms with Gasteiger partial charge in [0.15, 0.2) is 0 Å². The number of hydrogen-bond donors (Lipinski definition) is 1. The lowest BCUT2D eigenvalue weighted by atomic mass is 10.1. The van der Waals surface area contributed by atoms with E-state index in [4.69, 9.17) is 23.2 Å². The molecule has 0 aromatic heterocycles. The van der Waals surface area contributed by atoms with Crippen LogP contribution in [0.3, 0.4) is 0 Å². The number of benzene rings is 2. The van der Waals surface area contributed by atoms with Crippen molar-refractivity contribution in [2.24, 2.45) is 0 Å². The van der Waals surface area contributed by atoms with Crippen LogP contribution in [0.15, 0.2) is 42.5 Å². The molecule has 0 spiro atoms. The van der Waals surface area contributed by atoms with Gasteiger partial charge in [-0.25, -0.2) is 0 Å². The average Bonchev–Trinajstić information content (AvgIpc) is 2.57. The van der Waals surface area contributed by atoms with E-state index < -0.39 is 11.3 Å². The van der Waals surface area contributed by atoms with Crippen molar-refractivity contribution in [3.8, 4) is 0 Å². The number of nitrogens with zero attached hydrogens (tertiary/aromatic N) is 1. The predicted molar refractivity (Wildman–Crippen MR) is 100 cm³/mol. The normalized spacial score (nSPS) is 11.8.